The van der Waals surface area contributed by atoms with Crippen LogP contribution in [0, 0.1) is 11.3 Å². The molecule has 0 bridgehead atoms. The molecule has 17 heavy (non-hydrogen) atoms. The van der Waals surface area contributed by atoms with Crippen LogP contribution in [0.25, 0.3) is 11.3 Å². The fourth-order valence-corrected chi connectivity index (χ4v) is 1.55. The Bertz CT molecular complexity index is 524. The van der Waals surface area contributed by atoms with Gasteiger partial charge in [-0.15, -0.1) is 5.10 Å². The molecule has 5 heteroatoms. The molecule has 0 spiro atoms. The largest absolute Gasteiger partial charge is 0.494 e. The minimum Gasteiger partial charge on any atom is -0.494 e. The molecule has 1 aromatic heterocycles. The summed E-state index contributed by atoms with van der Waals surface area (Å²) in [6.45, 7) is 2.79. The zero-order valence-electron chi connectivity index (χ0n) is 9.50. The Morgan fingerprint density at radius 3 is 2.76 bits per heavy atom. The summed E-state index contributed by atoms with van der Waals surface area (Å²) in [4.78, 5) is 0. The van der Waals surface area contributed by atoms with Crippen molar-refractivity contribution in [2.45, 2.75) is 13.5 Å². The predicted molar refractivity (Wildman–Crippen MR) is 62.2 cm³/mol. The molecule has 0 fully saturated rings. The summed E-state index contributed by atoms with van der Waals surface area (Å²) < 4.78 is 6.93. The molecule has 5 nitrogen and oxygen atoms in total. The third kappa shape index (κ3) is 2.42. The van der Waals surface area contributed by atoms with E-state index >= 15 is 0 Å². The minimum absolute atomic E-state index is 0.197. The van der Waals surface area contributed by atoms with E-state index in [9.17, 15) is 0 Å². The Labute approximate surface area is 99.2 Å². The number of rotatable bonds is 4. The molecule has 0 aliphatic rings. The highest BCUT2D eigenvalue weighted by atomic mass is 16.5. The van der Waals surface area contributed by atoms with Gasteiger partial charge in [0.1, 0.15) is 12.3 Å². The Kier molecular flexibility index (Phi) is 3.36. The normalized spacial score (nSPS) is 9.88. The van der Waals surface area contributed by atoms with Crippen molar-refractivity contribution in [3.05, 3.63) is 30.5 Å². The molecule has 2 aromatic rings. The van der Waals surface area contributed by atoms with Gasteiger partial charge in [-0.05, 0) is 31.2 Å². The average Bonchev–Trinajstić information content (AvgIpc) is 2.79. The first-order chi connectivity index (χ1) is 8.35. The summed E-state index contributed by atoms with van der Waals surface area (Å²) in [6.07, 6.45) is 1.65. The SMILES string of the molecule is CCOc1ccc(-c2cnnn2CC#N)cc1. The van der Waals surface area contributed by atoms with Gasteiger partial charge in [0.05, 0.1) is 24.6 Å². The van der Waals surface area contributed by atoms with Crippen molar-refractivity contribution in [2.75, 3.05) is 6.61 Å². The van der Waals surface area contributed by atoms with E-state index in [0.29, 0.717) is 6.61 Å². The molecule has 86 valence electrons. The minimum atomic E-state index is 0.197. The third-order valence-electron chi connectivity index (χ3n) is 2.30. The fraction of sp³-hybridized carbons (Fsp3) is 0.250. The standard InChI is InChI=1S/C12H12N4O/c1-2-17-11-5-3-10(4-6-11)12-9-14-15-16(12)8-7-13/h3-6,9H,2,8H2,1H3. The van der Waals surface area contributed by atoms with Crippen LogP contribution in [0.2, 0.25) is 0 Å². The van der Waals surface area contributed by atoms with E-state index in [0.717, 1.165) is 17.0 Å². The molecule has 1 aromatic carbocycles. The first-order valence-electron chi connectivity index (χ1n) is 5.34. The van der Waals surface area contributed by atoms with Gasteiger partial charge >= 0.3 is 0 Å². The van der Waals surface area contributed by atoms with Gasteiger partial charge in [0, 0.05) is 5.56 Å². The molecule has 0 amide bonds. The van der Waals surface area contributed by atoms with Crippen molar-refractivity contribution >= 4 is 0 Å². The van der Waals surface area contributed by atoms with Crippen molar-refractivity contribution in [3.8, 4) is 23.1 Å². The lowest BCUT2D eigenvalue weighted by molar-refractivity contribution is 0.340. The third-order valence-corrected chi connectivity index (χ3v) is 2.30. The van der Waals surface area contributed by atoms with Crippen molar-refractivity contribution < 1.29 is 4.74 Å². The van der Waals surface area contributed by atoms with Crippen LogP contribution in [0.15, 0.2) is 30.5 Å². The van der Waals surface area contributed by atoms with Gasteiger partial charge in [0.25, 0.3) is 0 Å². The van der Waals surface area contributed by atoms with E-state index in [1.54, 1.807) is 10.9 Å². The molecule has 0 N–H and O–H groups in total. The molecule has 0 radical (unpaired) electrons. The summed E-state index contributed by atoms with van der Waals surface area (Å²) in [5, 5.41) is 16.3. The van der Waals surface area contributed by atoms with Crippen molar-refractivity contribution in [2.24, 2.45) is 0 Å². The lowest BCUT2D eigenvalue weighted by atomic mass is 10.1. The second kappa shape index (κ2) is 5.12. The molecule has 2 rings (SSSR count). The maximum atomic E-state index is 8.66. The molecule has 1 heterocycles. The summed E-state index contributed by atoms with van der Waals surface area (Å²) in [5.74, 6) is 0.829. The molecular weight excluding hydrogens is 216 g/mol. The molecule has 0 atom stereocenters. The number of hydrogen-bond donors (Lipinski definition) is 0. The summed E-state index contributed by atoms with van der Waals surface area (Å²) in [5.41, 5.74) is 1.79. The maximum Gasteiger partial charge on any atom is 0.130 e. The van der Waals surface area contributed by atoms with Crippen LogP contribution in [0.5, 0.6) is 5.75 Å². The van der Waals surface area contributed by atoms with Gasteiger partial charge in [0.2, 0.25) is 0 Å². The zero-order chi connectivity index (χ0) is 12.1. The number of aromatic nitrogens is 3. The predicted octanol–water partition coefficient (Wildman–Crippen LogP) is 1.87. The number of nitrogens with zero attached hydrogens (tertiary/aromatic N) is 4. The van der Waals surface area contributed by atoms with Crippen molar-refractivity contribution in [3.63, 3.8) is 0 Å². The number of hydrogen-bond acceptors (Lipinski definition) is 4. The highest BCUT2D eigenvalue weighted by molar-refractivity contribution is 5.59. The van der Waals surface area contributed by atoms with Gasteiger partial charge in [-0.25, -0.2) is 4.68 Å². The number of ether oxygens (including phenoxy) is 1. The van der Waals surface area contributed by atoms with Gasteiger partial charge in [-0.1, -0.05) is 5.21 Å². The zero-order valence-corrected chi connectivity index (χ0v) is 9.50. The first-order valence-corrected chi connectivity index (χ1v) is 5.34. The maximum absolute atomic E-state index is 8.66. The lowest BCUT2D eigenvalue weighted by Gasteiger charge is -2.05. The van der Waals surface area contributed by atoms with E-state index in [4.69, 9.17) is 10.00 Å². The van der Waals surface area contributed by atoms with Crippen LogP contribution in [0.1, 0.15) is 6.92 Å². The highest BCUT2D eigenvalue weighted by Gasteiger charge is 2.06. The van der Waals surface area contributed by atoms with E-state index in [1.807, 2.05) is 37.3 Å². The summed E-state index contributed by atoms with van der Waals surface area (Å²) in [7, 11) is 0. The van der Waals surface area contributed by atoms with Gasteiger partial charge in [-0.2, -0.15) is 5.26 Å². The summed E-state index contributed by atoms with van der Waals surface area (Å²) >= 11 is 0. The van der Waals surface area contributed by atoms with E-state index in [-0.39, 0.29) is 6.54 Å². The quantitative estimate of drug-likeness (QED) is 0.801. The molecular formula is C12H12N4O. The fourth-order valence-electron chi connectivity index (χ4n) is 1.55. The van der Waals surface area contributed by atoms with Gasteiger partial charge in [-0.3, -0.25) is 0 Å². The van der Waals surface area contributed by atoms with Gasteiger partial charge in [0.15, 0.2) is 0 Å². The average molecular weight is 228 g/mol. The molecule has 0 aliphatic heterocycles. The number of benzene rings is 1. The van der Waals surface area contributed by atoms with E-state index < -0.39 is 0 Å². The first kappa shape index (κ1) is 11.1. The summed E-state index contributed by atoms with van der Waals surface area (Å²) in [6, 6.07) is 9.69. The molecule has 0 unspecified atom stereocenters. The van der Waals surface area contributed by atoms with Crippen molar-refractivity contribution in [1.82, 2.24) is 15.0 Å². The second-order valence-corrected chi connectivity index (χ2v) is 3.39. The van der Waals surface area contributed by atoms with Crippen LogP contribution in [-0.4, -0.2) is 21.6 Å². The van der Waals surface area contributed by atoms with Crippen LogP contribution >= 0.6 is 0 Å². The lowest BCUT2D eigenvalue weighted by Crippen LogP contribution is -2.00. The van der Waals surface area contributed by atoms with E-state index in [1.165, 1.54) is 0 Å². The number of nitriles is 1. The molecule has 0 aliphatic carbocycles. The monoisotopic (exact) mass is 228 g/mol. The smallest absolute Gasteiger partial charge is 0.130 e. The van der Waals surface area contributed by atoms with Crippen molar-refractivity contribution in [1.29, 1.82) is 5.26 Å². The molecule has 0 saturated heterocycles. The van der Waals surface area contributed by atoms with Crippen LogP contribution in [0.3, 0.4) is 0 Å². The Balaban J connectivity index is 2.27. The second-order valence-electron chi connectivity index (χ2n) is 3.39. The Morgan fingerprint density at radius 2 is 2.12 bits per heavy atom. The van der Waals surface area contributed by atoms with Gasteiger partial charge < -0.3 is 4.74 Å². The van der Waals surface area contributed by atoms with Crippen LogP contribution in [-0.2, 0) is 6.54 Å². The molecule has 0 saturated carbocycles. The highest BCUT2D eigenvalue weighted by Crippen LogP contribution is 2.21. The Morgan fingerprint density at radius 1 is 1.35 bits per heavy atom. The topological polar surface area (TPSA) is 63.7 Å². The van der Waals surface area contributed by atoms with E-state index in [2.05, 4.69) is 10.3 Å². The van der Waals surface area contributed by atoms with Crippen LogP contribution < -0.4 is 4.74 Å². The Hall–Kier alpha value is -2.35. The van der Waals surface area contributed by atoms with Crippen LogP contribution in [0.4, 0.5) is 0 Å².